The first kappa shape index (κ1) is 21.2. The van der Waals surface area contributed by atoms with Crippen molar-refractivity contribution in [2.75, 3.05) is 31.1 Å². The van der Waals surface area contributed by atoms with Crippen LogP contribution in [0.5, 0.6) is 5.75 Å². The van der Waals surface area contributed by atoms with Gasteiger partial charge >= 0.3 is 0 Å². The van der Waals surface area contributed by atoms with Gasteiger partial charge in [-0.1, -0.05) is 17.7 Å². The number of aromatic nitrogens is 1. The van der Waals surface area contributed by atoms with Gasteiger partial charge in [0.25, 0.3) is 0 Å². The van der Waals surface area contributed by atoms with E-state index in [0.29, 0.717) is 17.6 Å². The maximum atomic E-state index is 5.92. The van der Waals surface area contributed by atoms with Gasteiger partial charge in [0.2, 0.25) is 0 Å². The zero-order chi connectivity index (χ0) is 20.5. The van der Waals surface area contributed by atoms with Gasteiger partial charge in [-0.3, -0.25) is 0 Å². The van der Waals surface area contributed by atoms with E-state index in [2.05, 4.69) is 33.5 Å². The quantitative estimate of drug-likeness (QED) is 0.533. The van der Waals surface area contributed by atoms with Crippen LogP contribution in [0, 0.1) is 0 Å². The topological polar surface area (TPSA) is 61.8 Å². The predicted octanol–water partition coefficient (Wildman–Crippen LogP) is 3.73. The Kier molecular flexibility index (Phi) is 7.99. The molecular weight excluding hydrogens is 386 g/mol. The number of hydrogen-bond donors (Lipinski definition) is 2. The Bertz CT molecular complexity index is 761. The molecule has 2 aromatic rings. The monoisotopic (exact) mass is 415 g/mol. The molecule has 0 aliphatic carbocycles. The molecule has 0 radical (unpaired) electrons. The smallest absolute Gasteiger partial charge is 0.191 e. The maximum absolute atomic E-state index is 5.92. The van der Waals surface area contributed by atoms with Crippen molar-refractivity contribution in [3.8, 4) is 5.75 Å². The minimum absolute atomic E-state index is 0.0300. The van der Waals surface area contributed by atoms with Crippen molar-refractivity contribution in [3.63, 3.8) is 0 Å². The molecule has 1 aromatic carbocycles. The molecule has 0 saturated carbocycles. The van der Waals surface area contributed by atoms with Gasteiger partial charge in [0, 0.05) is 36.9 Å². The second-order valence-electron chi connectivity index (χ2n) is 7.20. The summed E-state index contributed by atoms with van der Waals surface area (Å²) in [5, 5.41) is 7.62. The fourth-order valence-electron chi connectivity index (χ4n) is 3.31. The normalized spacial score (nSPS) is 16.4. The number of benzene rings is 1. The molecule has 2 heterocycles. The third kappa shape index (κ3) is 6.82. The van der Waals surface area contributed by atoms with Gasteiger partial charge in [-0.25, -0.2) is 9.98 Å². The minimum Gasteiger partial charge on any atom is -0.489 e. The summed E-state index contributed by atoms with van der Waals surface area (Å²) >= 11 is 5.92. The lowest BCUT2D eigenvalue weighted by atomic mass is 10.1. The van der Waals surface area contributed by atoms with Crippen LogP contribution in [0.4, 0.5) is 5.82 Å². The Morgan fingerprint density at radius 1 is 1.24 bits per heavy atom. The van der Waals surface area contributed by atoms with Crippen molar-refractivity contribution in [2.24, 2.45) is 4.99 Å². The van der Waals surface area contributed by atoms with Crippen molar-refractivity contribution in [2.45, 2.75) is 38.8 Å². The third-order valence-electron chi connectivity index (χ3n) is 4.81. The Balaban J connectivity index is 1.48. The van der Waals surface area contributed by atoms with Gasteiger partial charge < -0.3 is 20.3 Å². The highest BCUT2D eigenvalue weighted by Gasteiger charge is 2.20. The van der Waals surface area contributed by atoms with Crippen molar-refractivity contribution in [1.29, 1.82) is 0 Å². The SMILES string of the molecule is CCNC(=NCC(C)Oc1ccc(Cl)cc1)NC1CCN(c2ccccn2)CC1. The average Bonchev–Trinajstić information content (AvgIpc) is 2.75. The van der Waals surface area contributed by atoms with E-state index in [-0.39, 0.29) is 6.10 Å². The Labute approximate surface area is 178 Å². The molecule has 2 N–H and O–H groups in total. The van der Waals surface area contributed by atoms with Crippen LogP contribution >= 0.6 is 11.6 Å². The van der Waals surface area contributed by atoms with Gasteiger partial charge in [-0.15, -0.1) is 0 Å². The number of nitrogens with one attached hydrogen (secondary N) is 2. The highest BCUT2D eigenvalue weighted by molar-refractivity contribution is 6.30. The molecule has 1 aromatic heterocycles. The molecule has 6 nitrogen and oxygen atoms in total. The zero-order valence-corrected chi connectivity index (χ0v) is 17.9. The highest BCUT2D eigenvalue weighted by Crippen LogP contribution is 2.18. The largest absolute Gasteiger partial charge is 0.489 e. The molecule has 0 amide bonds. The van der Waals surface area contributed by atoms with Crippen molar-refractivity contribution >= 4 is 23.4 Å². The van der Waals surface area contributed by atoms with E-state index < -0.39 is 0 Å². The lowest BCUT2D eigenvalue weighted by Crippen LogP contribution is -2.49. The van der Waals surface area contributed by atoms with Crippen LogP contribution in [0.15, 0.2) is 53.7 Å². The van der Waals surface area contributed by atoms with Gasteiger partial charge in [-0.05, 0) is 63.1 Å². The number of ether oxygens (including phenoxy) is 1. The van der Waals surface area contributed by atoms with Crippen molar-refractivity contribution in [1.82, 2.24) is 15.6 Å². The first-order valence-corrected chi connectivity index (χ1v) is 10.6. The number of hydrogen-bond acceptors (Lipinski definition) is 4. The number of guanidine groups is 1. The number of rotatable bonds is 7. The molecule has 29 heavy (non-hydrogen) atoms. The molecule has 1 saturated heterocycles. The van der Waals surface area contributed by atoms with E-state index in [1.807, 2.05) is 49.5 Å². The summed E-state index contributed by atoms with van der Waals surface area (Å²) in [5.74, 6) is 2.70. The standard InChI is InChI=1S/C22H30ClN5O/c1-3-24-22(26-16-17(2)29-20-9-7-18(23)8-10-20)27-19-11-14-28(15-12-19)21-6-4-5-13-25-21/h4-10,13,17,19H,3,11-12,14-16H2,1-2H3,(H2,24,26,27). The summed E-state index contributed by atoms with van der Waals surface area (Å²) in [6, 6.07) is 13.9. The molecule has 3 rings (SSSR count). The maximum Gasteiger partial charge on any atom is 0.191 e. The van der Waals surface area contributed by atoms with Crippen molar-refractivity contribution < 1.29 is 4.74 Å². The van der Waals surface area contributed by atoms with Crippen LogP contribution in [0.2, 0.25) is 5.02 Å². The van der Waals surface area contributed by atoms with E-state index in [0.717, 1.165) is 50.0 Å². The van der Waals surface area contributed by atoms with Gasteiger partial charge in [0.05, 0.1) is 6.54 Å². The number of aliphatic imine (C=N–C) groups is 1. The first-order valence-electron chi connectivity index (χ1n) is 10.3. The minimum atomic E-state index is -0.0300. The third-order valence-corrected chi connectivity index (χ3v) is 5.06. The van der Waals surface area contributed by atoms with E-state index in [9.17, 15) is 0 Å². The molecular formula is C22H30ClN5O. The molecule has 1 aliphatic rings. The molecule has 0 bridgehead atoms. The van der Waals surface area contributed by atoms with E-state index >= 15 is 0 Å². The van der Waals surface area contributed by atoms with Crippen molar-refractivity contribution in [3.05, 3.63) is 53.7 Å². The highest BCUT2D eigenvalue weighted by atomic mass is 35.5. The fourth-order valence-corrected chi connectivity index (χ4v) is 3.44. The van der Waals surface area contributed by atoms with E-state index in [1.165, 1.54) is 0 Å². The van der Waals surface area contributed by atoms with Gasteiger partial charge in [-0.2, -0.15) is 0 Å². The second kappa shape index (κ2) is 10.9. The summed E-state index contributed by atoms with van der Waals surface area (Å²) in [6.45, 7) is 7.48. The second-order valence-corrected chi connectivity index (χ2v) is 7.63. The van der Waals surface area contributed by atoms with Crippen LogP contribution in [-0.2, 0) is 0 Å². The number of pyridine rings is 1. The number of piperidine rings is 1. The van der Waals surface area contributed by atoms with Crippen LogP contribution in [0.25, 0.3) is 0 Å². The lowest BCUT2D eigenvalue weighted by molar-refractivity contribution is 0.230. The predicted molar refractivity (Wildman–Crippen MR) is 120 cm³/mol. The summed E-state index contributed by atoms with van der Waals surface area (Å²) in [5.41, 5.74) is 0. The van der Waals surface area contributed by atoms with E-state index in [1.54, 1.807) is 0 Å². The lowest BCUT2D eigenvalue weighted by Gasteiger charge is -2.33. The zero-order valence-electron chi connectivity index (χ0n) is 17.1. The molecule has 156 valence electrons. The first-order chi connectivity index (χ1) is 14.1. The molecule has 1 atom stereocenters. The Morgan fingerprint density at radius 3 is 2.66 bits per heavy atom. The van der Waals surface area contributed by atoms with Crippen LogP contribution in [-0.4, -0.2) is 49.3 Å². The molecule has 1 fully saturated rings. The average molecular weight is 416 g/mol. The summed E-state index contributed by atoms with van der Waals surface area (Å²) in [4.78, 5) is 11.5. The molecule has 7 heteroatoms. The summed E-state index contributed by atoms with van der Waals surface area (Å²) in [7, 11) is 0. The van der Waals surface area contributed by atoms with Gasteiger partial charge in [0.1, 0.15) is 17.7 Å². The molecule has 1 aliphatic heterocycles. The molecule has 1 unspecified atom stereocenters. The van der Waals surface area contributed by atoms with Crippen LogP contribution in [0.1, 0.15) is 26.7 Å². The molecule has 0 spiro atoms. The van der Waals surface area contributed by atoms with E-state index in [4.69, 9.17) is 21.3 Å². The van der Waals surface area contributed by atoms with Gasteiger partial charge in [0.15, 0.2) is 5.96 Å². The Hall–Kier alpha value is -2.47. The fraction of sp³-hybridized carbons (Fsp3) is 0.455. The summed E-state index contributed by atoms with van der Waals surface area (Å²) in [6.07, 6.45) is 3.93. The number of nitrogens with zero attached hydrogens (tertiary/aromatic N) is 3. The number of halogens is 1. The van der Waals surface area contributed by atoms with Crippen LogP contribution < -0.4 is 20.3 Å². The van der Waals surface area contributed by atoms with Crippen LogP contribution in [0.3, 0.4) is 0 Å². The number of anilines is 1. The Morgan fingerprint density at radius 2 is 2.00 bits per heavy atom. The summed E-state index contributed by atoms with van der Waals surface area (Å²) < 4.78 is 5.92.